The van der Waals surface area contributed by atoms with E-state index in [4.69, 9.17) is 10.2 Å². The number of Topliss-reactive ketones (excluding diaryl/α,β-unsaturated/α-hetero) is 2. The normalized spacial score (nSPS) is 11.1. The molecular weight excluding hydrogens is 191 g/mol. The Morgan fingerprint density at radius 2 is 1.64 bits per heavy atom. The van der Waals surface area contributed by atoms with Gasteiger partial charge in [-0.15, -0.1) is 0 Å². The van der Waals surface area contributed by atoms with Crippen molar-refractivity contribution in [3.63, 3.8) is 0 Å². The maximum Gasteiger partial charge on any atom is 0.375 e. The van der Waals surface area contributed by atoms with Gasteiger partial charge in [0.15, 0.2) is 11.9 Å². The molecule has 0 amide bonds. The Hall–Kier alpha value is -0.646. The fourth-order valence-electron chi connectivity index (χ4n) is 0.302. The van der Waals surface area contributed by atoms with Crippen molar-refractivity contribution < 1.29 is 43.2 Å². The largest absolute Gasteiger partial charge is 0.475 e. The Bertz CT molecular complexity index is 187. The molecule has 1 radical (unpaired) electrons. The van der Waals surface area contributed by atoms with Crippen molar-refractivity contribution in [3.8, 4) is 0 Å². The Morgan fingerprint density at radius 1 is 1.27 bits per heavy atom. The van der Waals surface area contributed by atoms with Crippen LogP contribution in [0.1, 0.15) is 6.92 Å². The van der Waals surface area contributed by atoms with E-state index < -0.39 is 23.6 Å². The number of hydrogen-bond acceptors (Lipinski definition) is 4. The topological polar surface area (TPSA) is 91.7 Å². The van der Waals surface area contributed by atoms with Crippen LogP contribution >= 0.6 is 0 Å². The second-order valence-corrected chi connectivity index (χ2v) is 1.68. The molecule has 0 fully saturated rings. The van der Waals surface area contributed by atoms with Crippen molar-refractivity contribution in [2.75, 3.05) is 0 Å². The molecule has 0 aliphatic carbocycles. The van der Waals surface area contributed by atoms with Crippen LogP contribution in [0.5, 0.6) is 0 Å². The van der Waals surface area contributed by atoms with Gasteiger partial charge in [-0.1, -0.05) is 0 Å². The SMILES string of the molecule is CC(=O)C(O)C(=O)C(=O)O.[V]. The third kappa shape index (κ3) is 3.92. The molecule has 0 bridgehead atoms. The minimum absolute atomic E-state index is 0. The number of aliphatic hydroxyl groups excluding tert-OH is 1. The molecule has 0 saturated carbocycles. The quantitative estimate of drug-likeness (QED) is 0.428. The number of carboxylic acids is 1. The molecule has 0 aromatic rings. The van der Waals surface area contributed by atoms with Gasteiger partial charge >= 0.3 is 5.97 Å². The molecule has 0 aromatic carbocycles. The monoisotopic (exact) mass is 197 g/mol. The maximum atomic E-state index is 10.2. The molecule has 0 aliphatic rings. The predicted octanol–water partition coefficient (Wildman–Crippen LogP) is -1.41. The number of ketones is 2. The van der Waals surface area contributed by atoms with Gasteiger partial charge in [-0.2, -0.15) is 0 Å². The Balaban J connectivity index is 0. The van der Waals surface area contributed by atoms with Gasteiger partial charge in [0.25, 0.3) is 5.78 Å². The van der Waals surface area contributed by atoms with Crippen molar-refractivity contribution in [1.82, 2.24) is 0 Å². The zero-order chi connectivity index (χ0) is 8.31. The van der Waals surface area contributed by atoms with E-state index in [0.717, 1.165) is 6.92 Å². The van der Waals surface area contributed by atoms with Gasteiger partial charge in [0.05, 0.1) is 0 Å². The predicted molar refractivity (Wildman–Crippen MR) is 29.3 cm³/mol. The first-order valence-electron chi connectivity index (χ1n) is 2.42. The van der Waals surface area contributed by atoms with E-state index in [9.17, 15) is 14.4 Å². The Morgan fingerprint density at radius 3 is 1.73 bits per heavy atom. The molecule has 1 unspecified atom stereocenters. The van der Waals surface area contributed by atoms with Crippen molar-refractivity contribution in [2.45, 2.75) is 13.0 Å². The summed E-state index contributed by atoms with van der Waals surface area (Å²) in [6.07, 6.45) is -2.02. The van der Waals surface area contributed by atoms with E-state index in [1.807, 2.05) is 0 Å². The minimum Gasteiger partial charge on any atom is -0.475 e. The minimum atomic E-state index is -2.02. The smallest absolute Gasteiger partial charge is 0.375 e. The van der Waals surface area contributed by atoms with E-state index in [2.05, 4.69) is 0 Å². The standard InChI is InChI=1S/C5H6O5.V/c1-2(6)3(7)4(8)5(9)10;/h3,7H,1H3,(H,9,10);. The van der Waals surface area contributed by atoms with Crippen LogP contribution in [0.3, 0.4) is 0 Å². The van der Waals surface area contributed by atoms with Gasteiger partial charge in [-0.25, -0.2) is 4.79 Å². The fraction of sp³-hybridized carbons (Fsp3) is 0.400. The molecule has 0 heterocycles. The summed E-state index contributed by atoms with van der Waals surface area (Å²) in [4.78, 5) is 30.2. The molecule has 5 nitrogen and oxygen atoms in total. The summed E-state index contributed by atoms with van der Waals surface area (Å²) in [5, 5.41) is 16.4. The molecule has 61 valence electrons. The van der Waals surface area contributed by atoms with Crippen molar-refractivity contribution >= 4 is 17.5 Å². The van der Waals surface area contributed by atoms with Crippen molar-refractivity contribution in [2.24, 2.45) is 0 Å². The molecule has 1 atom stereocenters. The van der Waals surface area contributed by atoms with Crippen LogP contribution in [0.25, 0.3) is 0 Å². The number of aliphatic hydroxyl groups is 1. The summed E-state index contributed by atoms with van der Waals surface area (Å²) in [6.45, 7) is 0.936. The maximum absolute atomic E-state index is 10.2. The van der Waals surface area contributed by atoms with Crippen molar-refractivity contribution in [1.29, 1.82) is 0 Å². The van der Waals surface area contributed by atoms with Gasteiger partial charge in [0, 0.05) is 18.6 Å². The van der Waals surface area contributed by atoms with E-state index in [1.165, 1.54) is 0 Å². The van der Waals surface area contributed by atoms with Crippen LogP contribution in [0, 0.1) is 0 Å². The average molecular weight is 197 g/mol. The van der Waals surface area contributed by atoms with Gasteiger partial charge in [-0.05, 0) is 6.92 Å². The molecule has 6 heteroatoms. The first-order chi connectivity index (χ1) is 4.46. The number of carboxylic acid groups (broad SMARTS) is 1. The number of carbonyl (C=O) groups excluding carboxylic acids is 2. The molecule has 2 N–H and O–H groups in total. The number of hydrogen-bond donors (Lipinski definition) is 2. The molecule has 0 spiro atoms. The third-order valence-electron chi connectivity index (χ3n) is 0.844. The van der Waals surface area contributed by atoms with Crippen LogP contribution in [-0.2, 0) is 32.9 Å². The van der Waals surface area contributed by atoms with Crippen molar-refractivity contribution in [3.05, 3.63) is 0 Å². The number of carbonyl (C=O) groups is 3. The third-order valence-corrected chi connectivity index (χ3v) is 0.844. The van der Waals surface area contributed by atoms with Crippen LogP contribution in [0.15, 0.2) is 0 Å². The van der Waals surface area contributed by atoms with E-state index >= 15 is 0 Å². The molecule has 0 rings (SSSR count). The first-order valence-corrected chi connectivity index (χ1v) is 2.42. The second kappa shape index (κ2) is 5.06. The summed E-state index contributed by atoms with van der Waals surface area (Å²) >= 11 is 0. The van der Waals surface area contributed by atoms with Gasteiger partial charge in [0.1, 0.15) is 0 Å². The zero-order valence-electron chi connectivity index (χ0n) is 5.64. The number of aliphatic carboxylic acids is 1. The molecule has 0 aromatic heterocycles. The van der Waals surface area contributed by atoms with E-state index in [-0.39, 0.29) is 18.6 Å². The Kier molecular flexibility index (Phi) is 5.98. The summed E-state index contributed by atoms with van der Waals surface area (Å²) in [5.74, 6) is -4.16. The average Bonchev–Trinajstić information content (AvgIpc) is 1.84. The van der Waals surface area contributed by atoms with Crippen LogP contribution < -0.4 is 0 Å². The van der Waals surface area contributed by atoms with E-state index in [0.29, 0.717) is 0 Å². The zero-order valence-corrected chi connectivity index (χ0v) is 7.04. The summed E-state index contributed by atoms with van der Waals surface area (Å²) in [5.41, 5.74) is 0. The van der Waals surface area contributed by atoms with E-state index in [1.54, 1.807) is 0 Å². The van der Waals surface area contributed by atoms with Crippen LogP contribution in [-0.4, -0.2) is 33.9 Å². The summed E-state index contributed by atoms with van der Waals surface area (Å²) in [6, 6.07) is 0. The molecule has 0 saturated heterocycles. The summed E-state index contributed by atoms with van der Waals surface area (Å²) in [7, 11) is 0. The van der Waals surface area contributed by atoms with Crippen LogP contribution in [0.2, 0.25) is 0 Å². The van der Waals surface area contributed by atoms with Gasteiger partial charge in [0.2, 0.25) is 0 Å². The molecule has 11 heavy (non-hydrogen) atoms. The molecular formula is C5H6O5V. The first kappa shape index (κ1) is 13.0. The Labute approximate surface area is 74.3 Å². The molecule has 0 aliphatic heterocycles. The fourth-order valence-corrected chi connectivity index (χ4v) is 0.302. The van der Waals surface area contributed by atoms with Gasteiger partial charge < -0.3 is 10.2 Å². The number of rotatable bonds is 3. The van der Waals surface area contributed by atoms with Gasteiger partial charge in [-0.3, -0.25) is 9.59 Å². The van der Waals surface area contributed by atoms with Crippen LogP contribution in [0.4, 0.5) is 0 Å². The summed E-state index contributed by atoms with van der Waals surface area (Å²) < 4.78 is 0. The second-order valence-electron chi connectivity index (χ2n) is 1.68.